The van der Waals surface area contributed by atoms with Crippen LogP contribution in [-0.2, 0) is 0 Å². The van der Waals surface area contributed by atoms with Crippen molar-refractivity contribution in [3.63, 3.8) is 0 Å². The molecule has 1 aromatic rings. The van der Waals surface area contributed by atoms with Gasteiger partial charge in [-0.1, -0.05) is 6.92 Å². The Balaban J connectivity index is 3.00. The van der Waals surface area contributed by atoms with Crippen LogP contribution in [0.4, 0.5) is 5.82 Å². The number of hydrogen-bond acceptors (Lipinski definition) is 5. The Hall–Kier alpha value is -1.47. The van der Waals surface area contributed by atoms with E-state index in [-0.39, 0.29) is 17.9 Å². The maximum absolute atomic E-state index is 11.0. The molecule has 0 amide bonds. The Kier molecular flexibility index (Phi) is 5.24. The zero-order valence-electron chi connectivity index (χ0n) is 10.9. The van der Waals surface area contributed by atoms with Crippen LogP contribution < -0.4 is 11.5 Å². The molecule has 1 heterocycles. The Morgan fingerprint density at radius 1 is 1.61 bits per heavy atom. The summed E-state index contributed by atoms with van der Waals surface area (Å²) in [5.74, 6) is 0.624. The maximum atomic E-state index is 11.0. The fourth-order valence-electron chi connectivity index (χ4n) is 2.21. The van der Waals surface area contributed by atoms with Crippen molar-refractivity contribution in [3.8, 4) is 0 Å². The summed E-state index contributed by atoms with van der Waals surface area (Å²) >= 11 is 0. The maximum Gasteiger partial charge on any atom is 0.343 e. The van der Waals surface area contributed by atoms with Crippen molar-refractivity contribution in [2.45, 2.75) is 45.2 Å². The fourth-order valence-corrected chi connectivity index (χ4v) is 2.21. The third kappa shape index (κ3) is 3.05. The summed E-state index contributed by atoms with van der Waals surface area (Å²) in [5.41, 5.74) is 11.6. The average molecular weight is 255 g/mol. The first-order valence-corrected chi connectivity index (χ1v) is 6.16. The van der Waals surface area contributed by atoms with E-state index in [9.17, 15) is 10.1 Å². The standard InChI is InChI=1S/C11H21N5O2/c1-3-10(9(13)5-4-6-12)15-8(2)14-7-11(15)16(17)18/h7,9-10H,3-6,12-13H2,1-2H3. The minimum atomic E-state index is -0.418. The summed E-state index contributed by atoms with van der Waals surface area (Å²) < 4.78 is 1.63. The van der Waals surface area contributed by atoms with Crippen molar-refractivity contribution in [1.82, 2.24) is 9.55 Å². The van der Waals surface area contributed by atoms with Crippen molar-refractivity contribution in [2.24, 2.45) is 11.5 Å². The normalized spacial score (nSPS) is 14.4. The molecule has 0 saturated heterocycles. The zero-order valence-corrected chi connectivity index (χ0v) is 10.9. The monoisotopic (exact) mass is 255 g/mol. The highest BCUT2D eigenvalue weighted by atomic mass is 16.6. The van der Waals surface area contributed by atoms with Crippen molar-refractivity contribution in [3.05, 3.63) is 22.1 Å². The predicted octanol–water partition coefficient (Wildman–Crippen LogP) is 1.12. The minimum absolute atomic E-state index is 0.00236. The van der Waals surface area contributed by atoms with Gasteiger partial charge in [-0.25, -0.2) is 9.55 Å². The van der Waals surface area contributed by atoms with Crippen LogP contribution in [0.2, 0.25) is 0 Å². The molecule has 0 aliphatic heterocycles. The quantitative estimate of drug-likeness (QED) is 0.559. The lowest BCUT2D eigenvalue weighted by Gasteiger charge is -2.21. The van der Waals surface area contributed by atoms with E-state index in [4.69, 9.17) is 11.5 Å². The van der Waals surface area contributed by atoms with Gasteiger partial charge in [0.1, 0.15) is 12.2 Å². The van der Waals surface area contributed by atoms with E-state index < -0.39 is 4.92 Å². The summed E-state index contributed by atoms with van der Waals surface area (Å²) in [6, 6.07) is -0.260. The highest BCUT2D eigenvalue weighted by Crippen LogP contribution is 2.26. The lowest BCUT2D eigenvalue weighted by molar-refractivity contribution is -0.392. The topological polar surface area (TPSA) is 113 Å². The first-order chi connectivity index (χ1) is 8.52. The first kappa shape index (κ1) is 14.6. The predicted molar refractivity (Wildman–Crippen MR) is 69.2 cm³/mol. The van der Waals surface area contributed by atoms with E-state index in [2.05, 4.69) is 4.98 Å². The van der Waals surface area contributed by atoms with Gasteiger partial charge in [0.2, 0.25) is 0 Å². The van der Waals surface area contributed by atoms with Gasteiger partial charge in [-0.3, -0.25) is 0 Å². The van der Waals surface area contributed by atoms with Crippen molar-refractivity contribution in [1.29, 1.82) is 0 Å². The molecular formula is C11H21N5O2. The van der Waals surface area contributed by atoms with E-state index in [0.29, 0.717) is 12.4 Å². The minimum Gasteiger partial charge on any atom is -0.358 e. The molecule has 0 radical (unpaired) electrons. The number of rotatable bonds is 7. The van der Waals surface area contributed by atoms with Crippen LogP contribution in [0.5, 0.6) is 0 Å². The number of nitrogens with zero attached hydrogens (tertiary/aromatic N) is 3. The molecule has 2 unspecified atom stereocenters. The Bertz CT molecular complexity index is 404. The number of imidazole rings is 1. The number of hydrogen-bond donors (Lipinski definition) is 2. The Labute approximate surface area is 106 Å². The number of nitrogens with two attached hydrogens (primary N) is 2. The largest absolute Gasteiger partial charge is 0.358 e. The molecule has 7 heteroatoms. The lowest BCUT2D eigenvalue weighted by Crippen LogP contribution is -2.33. The van der Waals surface area contributed by atoms with Gasteiger partial charge in [-0.05, 0) is 30.7 Å². The van der Waals surface area contributed by atoms with Crippen LogP contribution in [0.3, 0.4) is 0 Å². The molecule has 0 bridgehead atoms. The number of nitro groups is 1. The highest BCUT2D eigenvalue weighted by Gasteiger charge is 2.29. The molecule has 0 spiro atoms. The van der Waals surface area contributed by atoms with E-state index >= 15 is 0 Å². The Morgan fingerprint density at radius 2 is 2.28 bits per heavy atom. The molecule has 0 aromatic carbocycles. The van der Waals surface area contributed by atoms with Crippen LogP contribution in [0.1, 0.15) is 38.1 Å². The van der Waals surface area contributed by atoms with Gasteiger partial charge in [0.15, 0.2) is 5.82 Å². The van der Waals surface area contributed by atoms with E-state index in [1.807, 2.05) is 6.92 Å². The van der Waals surface area contributed by atoms with E-state index in [0.717, 1.165) is 19.3 Å². The number of aromatic nitrogens is 2. The molecule has 1 aromatic heterocycles. The molecule has 0 saturated carbocycles. The van der Waals surface area contributed by atoms with Crippen LogP contribution in [0.25, 0.3) is 0 Å². The SMILES string of the molecule is CCC(C(N)CCCN)n1c([N+](=O)[O-])cnc1C. The van der Waals surface area contributed by atoms with Crippen LogP contribution >= 0.6 is 0 Å². The molecule has 1 rings (SSSR count). The molecule has 7 nitrogen and oxygen atoms in total. The summed E-state index contributed by atoms with van der Waals surface area (Å²) in [7, 11) is 0. The summed E-state index contributed by atoms with van der Waals surface area (Å²) in [6.45, 7) is 4.30. The van der Waals surface area contributed by atoms with Crippen molar-refractivity contribution < 1.29 is 4.92 Å². The van der Waals surface area contributed by atoms with Gasteiger partial charge in [0.25, 0.3) is 0 Å². The van der Waals surface area contributed by atoms with E-state index in [1.54, 1.807) is 11.5 Å². The Morgan fingerprint density at radius 3 is 2.78 bits per heavy atom. The molecular weight excluding hydrogens is 234 g/mol. The van der Waals surface area contributed by atoms with Gasteiger partial charge < -0.3 is 21.6 Å². The molecule has 0 fully saturated rings. The zero-order chi connectivity index (χ0) is 13.7. The summed E-state index contributed by atoms with van der Waals surface area (Å²) in [5, 5.41) is 11.0. The molecule has 0 aliphatic rings. The second-order valence-corrected chi connectivity index (χ2v) is 4.36. The fraction of sp³-hybridized carbons (Fsp3) is 0.727. The second kappa shape index (κ2) is 6.46. The van der Waals surface area contributed by atoms with Crippen LogP contribution in [0.15, 0.2) is 6.20 Å². The van der Waals surface area contributed by atoms with E-state index in [1.165, 1.54) is 6.20 Å². The van der Waals surface area contributed by atoms with Gasteiger partial charge >= 0.3 is 5.82 Å². The summed E-state index contributed by atoms with van der Waals surface area (Å²) in [4.78, 5) is 14.6. The van der Waals surface area contributed by atoms with Gasteiger partial charge in [-0.15, -0.1) is 0 Å². The molecule has 2 atom stereocenters. The molecule has 4 N–H and O–H groups in total. The second-order valence-electron chi connectivity index (χ2n) is 4.36. The highest BCUT2D eigenvalue weighted by molar-refractivity contribution is 5.20. The lowest BCUT2D eigenvalue weighted by atomic mass is 10.0. The molecule has 0 aliphatic carbocycles. The van der Waals surface area contributed by atoms with Crippen molar-refractivity contribution in [2.75, 3.05) is 6.54 Å². The first-order valence-electron chi connectivity index (χ1n) is 6.16. The van der Waals surface area contributed by atoms with Crippen LogP contribution in [0, 0.1) is 17.0 Å². The van der Waals surface area contributed by atoms with Crippen molar-refractivity contribution >= 4 is 5.82 Å². The third-order valence-corrected chi connectivity index (χ3v) is 3.14. The smallest absolute Gasteiger partial charge is 0.343 e. The average Bonchev–Trinajstić information content (AvgIpc) is 2.70. The van der Waals surface area contributed by atoms with Gasteiger partial charge in [-0.2, -0.15) is 0 Å². The molecule has 18 heavy (non-hydrogen) atoms. The molecule has 102 valence electrons. The third-order valence-electron chi connectivity index (χ3n) is 3.14. The summed E-state index contributed by atoms with van der Waals surface area (Å²) in [6.07, 6.45) is 3.58. The van der Waals surface area contributed by atoms with Gasteiger partial charge in [0.05, 0.1) is 0 Å². The van der Waals surface area contributed by atoms with Gasteiger partial charge in [0, 0.05) is 13.0 Å². The van der Waals surface area contributed by atoms with Crippen LogP contribution in [-0.4, -0.2) is 27.1 Å². The number of aryl methyl sites for hydroxylation is 1.